The van der Waals surface area contributed by atoms with E-state index in [1.54, 1.807) is 18.2 Å². The molecule has 1 fully saturated rings. The molecule has 132 valence electrons. The second-order valence-electron chi connectivity index (χ2n) is 5.36. The molecule has 2 rings (SSSR count). The largest absolute Gasteiger partial charge is 0.497 e. The number of amides is 1. The molecule has 9 heteroatoms. The van der Waals surface area contributed by atoms with E-state index >= 15 is 0 Å². The smallest absolute Gasteiger partial charge is 0.394 e. The monoisotopic (exact) mass is 347 g/mol. The van der Waals surface area contributed by atoms with Gasteiger partial charge in [0.05, 0.1) is 18.9 Å². The van der Waals surface area contributed by atoms with Gasteiger partial charge >= 0.3 is 12.1 Å². The molecule has 1 amide bonds. The predicted octanol–water partition coefficient (Wildman–Crippen LogP) is 1.80. The molecule has 0 saturated carbocycles. The summed E-state index contributed by atoms with van der Waals surface area (Å²) < 4.78 is 48.9. The lowest BCUT2D eigenvalue weighted by atomic mass is 9.96. The van der Waals surface area contributed by atoms with E-state index in [0.717, 1.165) is 4.90 Å². The van der Waals surface area contributed by atoms with E-state index in [1.165, 1.54) is 13.2 Å². The molecule has 6 nitrogen and oxygen atoms in total. The van der Waals surface area contributed by atoms with Crippen LogP contribution in [0.1, 0.15) is 0 Å². The summed E-state index contributed by atoms with van der Waals surface area (Å²) in [4.78, 5) is 23.9. The number of hydrogen-bond donors (Lipinski definition) is 1. The van der Waals surface area contributed by atoms with Crippen molar-refractivity contribution in [3.63, 3.8) is 0 Å². The summed E-state index contributed by atoms with van der Waals surface area (Å²) in [7, 11) is 1.46. The molecule has 0 aromatic heterocycles. The molecular formula is C15H16F3NO5. The van der Waals surface area contributed by atoms with Crippen LogP contribution in [0, 0.1) is 11.8 Å². The van der Waals surface area contributed by atoms with Crippen LogP contribution in [0.4, 0.5) is 13.2 Å². The first-order chi connectivity index (χ1) is 11.2. The zero-order valence-electron chi connectivity index (χ0n) is 12.7. The predicted molar refractivity (Wildman–Crippen MR) is 75.7 cm³/mol. The van der Waals surface area contributed by atoms with Gasteiger partial charge in [0.25, 0.3) is 5.91 Å². The average Bonchev–Trinajstić information content (AvgIpc) is 2.98. The molecule has 1 aromatic rings. The number of halogens is 3. The summed E-state index contributed by atoms with van der Waals surface area (Å²) in [5, 5.41) is 8.93. The van der Waals surface area contributed by atoms with Gasteiger partial charge in [-0.25, -0.2) is 0 Å². The third-order valence-corrected chi connectivity index (χ3v) is 3.81. The zero-order chi connectivity index (χ0) is 17.9. The SMILES string of the molecule is COc1cccc(OCC(=O)N2C[C@@H](C(F)(F)F)[C@H](C(=O)O)C2)c1. The van der Waals surface area contributed by atoms with Gasteiger partial charge in [-0.1, -0.05) is 6.07 Å². The Bertz CT molecular complexity index is 619. The minimum Gasteiger partial charge on any atom is -0.497 e. The Kier molecular flexibility index (Phi) is 5.20. The Balaban J connectivity index is 1.98. The third kappa shape index (κ3) is 4.09. The van der Waals surface area contributed by atoms with Crippen LogP contribution < -0.4 is 9.47 Å². The van der Waals surface area contributed by atoms with Gasteiger partial charge in [0.1, 0.15) is 11.5 Å². The van der Waals surface area contributed by atoms with Crippen molar-refractivity contribution < 1.29 is 37.3 Å². The van der Waals surface area contributed by atoms with Crippen molar-refractivity contribution in [3.8, 4) is 11.5 Å². The van der Waals surface area contributed by atoms with Crippen LogP contribution in [0.15, 0.2) is 24.3 Å². The highest BCUT2D eigenvalue weighted by molar-refractivity contribution is 5.80. The van der Waals surface area contributed by atoms with Gasteiger partial charge in [-0.15, -0.1) is 0 Å². The van der Waals surface area contributed by atoms with E-state index in [-0.39, 0.29) is 0 Å². The van der Waals surface area contributed by atoms with E-state index in [1.807, 2.05) is 0 Å². The molecule has 2 atom stereocenters. The number of ether oxygens (including phenoxy) is 2. The maximum absolute atomic E-state index is 12.9. The molecule has 1 N–H and O–H groups in total. The van der Waals surface area contributed by atoms with Gasteiger partial charge in [-0.05, 0) is 12.1 Å². The number of carbonyl (C=O) groups excluding carboxylic acids is 1. The fraction of sp³-hybridized carbons (Fsp3) is 0.467. The number of benzene rings is 1. The number of carboxylic acid groups (broad SMARTS) is 1. The molecule has 1 aliphatic rings. The minimum atomic E-state index is -4.67. The fourth-order valence-corrected chi connectivity index (χ4v) is 2.52. The molecule has 1 aliphatic heterocycles. The first-order valence-electron chi connectivity index (χ1n) is 7.06. The third-order valence-electron chi connectivity index (χ3n) is 3.81. The number of hydrogen-bond acceptors (Lipinski definition) is 4. The lowest BCUT2D eigenvalue weighted by molar-refractivity contribution is -0.188. The van der Waals surface area contributed by atoms with Gasteiger partial charge in [-0.2, -0.15) is 13.2 Å². The van der Waals surface area contributed by atoms with Gasteiger partial charge in [0.2, 0.25) is 0 Å². The molecule has 24 heavy (non-hydrogen) atoms. The summed E-state index contributed by atoms with van der Waals surface area (Å²) in [5.41, 5.74) is 0. The number of carboxylic acids is 1. The van der Waals surface area contributed by atoms with Crippen molar-refractivity contribution >= 4 is 11.9 Å². The molecule has 0 spiro atoms. The molecular weight excluding hydrogens is 331 g/mol. The second kappa shape index (κ2) is 6.98. The molecule has 0 radical (unpaired) electrons. The number of alkyl halides is 3. The summed E-state index contributed by atoms with van der Waals surface area (Å²) in [6, 6.07) is 6.39. The highest BCUT2D eigenvalue weighted by Crippen LogP contribution is 2.37. The minimum absolute atomic E-state index is 0.323. The van der Waals surface area contributed by atoms with Crippen molar-refractivity contribution in [3.05, 3.63) is 24.3 Å². The Morgan fingerprint density at radius 1 is 1.29 bits per heavy atom. The van der Waals surface area contributed by atoms with Crippen LogP contribution in [0.5, 0.6) is 11.5 Å². The van der Waals surface area contributed by atoms with Crippen molar-refractivity contribution in [2.24, 2.45) is 11.8 Å². The zero-order valence-corrected chi connectivity index (χ0v) is 12.7. The van der Waals surface area contributed by atoms with E-state index in [4.69, 9.17) is 14.6 Å². The Hall–Kier alpha value is -2.45. The number of carbonyl (C=O) groups is 2. The van der Waals surface area contributed by atoms with Crippen LogP contribution in [-0.4, -0.2) is 54.9 Å². The van der Waals surface area contributed by atoms with Gasteiger partial charge < -0.3 is 19.5 Å². The molecule has 1 saturated heterocycles. The molecule has 0 aliphatic carbocycles. The van der Waals surface area contributed by atoms with Crippen molar-refractivity contribution in [2.75, 3.05) is 26.8 Å². The van der Waals surface area contributed by atoms with Crippen molar-refractivity contribution in [1.82, 2.24) is 4.90 Å². The number of likely N-dealkylation sites (tertiary alicyclic amines) is 1. The highest BCUT2D eigenvalue weighted by Gasteiger charge is 2.53. The topological polar surface area (TPSA) is 76.1 Å². The molecule has 1 heterocycles. The van der Waals surface area contributed by atoms with Crippen LogP contribution in [0.2, 0.25) is 0 Å². The molecule has 1 aromatic carbocycles. The van der Waals surface area contributed by atoms with E-state index in [2.05, 4.69) is 0 Å². The van der Waals surface area contributed by atoms with E-state index < -0.39 is 49.6 Å². The van der Waals surface area contributed by atoms with Crippen LogP contribution in [0.25, 0.3) is 0 Å². The first-order valence-corrected chi connectivity index (χ1v) is 7.06. The normalized spacial score (nSPS) is 20.8. The number of methoxy groups -OCH3 is 1. The van der Waals surface area contributed by atoms with Crippen LogP contribution in [-0.2, 0) is 9.59 Å². The summed E-state index contributed by atoms with van der Waals surface area (Å²) >= 11 is 0. The average molecular weight is 347 g/mol. The first kappa shape index (κ1) is 17.9. The van der Waals surface area contributed by atoms with Crippen molar-refractivity contribution in [1.29, 1.82) is 0 Å². The number of aliphatic carboxylic acids is 1. The quantitative estimate of drug-likeness (QED) is 0.879. The Morgan fingerprint density at radius 3 is 2.50 bits per heavy atom. The van der Waals surface area contributed by atoms with Gasteiger partial charge in [0, 0.05) is 19.2 Å². The van der Waals surface area contributed by atoms with E-state index in [9.17, 15) is 22.8 Å². The maximum Gasteiger partial charge on any atom is 0.394 e. The van der Waals surface area contributed by atoms with Crippen LogP contribution >= 0.6 is 0 Å². The lowest BCUT2D eigenvalue weighted by Crippen LogP contribution is -2.35. The summed E-state index contributed by atoms with van der Waals surface area (Å²) in [6.45, 7) is -1.65. The second-order valence-corrected chi connectivity index (χ2v) is 5.36. The molecule has 0 unspecified atom stereocenters. The van der Waals surface area contributed by atoms with Crippen molar-refractivity contribution in [2.45, 2.75) is 6.18 Å². The lowest BCUT2D eigenvalue weighted by Gasteiger charge is -2.18. The fourth-order valence-electron chi connectivity index (χ4n) is 2.52. The van der Waals surface area contributed by atoms with Crippen LogP contribution in [0.3, 0.4) is 0 Å². The Morgan fingerprint density at radius 2 is 1.96 bits per heavy atom. The molecule has 0 bridgehead atoms. The Labute approximate surface area is 135 Å². The highest BCUT2D eigenvalue weighted by atomic mass is 19.4. The number of nitrogens with zero attached hydrogens (tertiary/aromatic N) is 1. The number of rotatable bonds is 5. The maximum atomic E-state index is 12.9. The summed E-state index contributed by atoms with van der Waals surface area (Å²) in [5.74, 6) is -5.17. The van der Waals surface area contributed by atoms with Gasteiger partial charge in [0.15, 0.2) is 6.61 Å². The van der Waals surface area contributed by atoms with E-state index in [0.29, 0.717) is 11.5 Å². The summed E-state index contributed by atoms with van der Waals surface area (Å²) in [6.07, 6.45) is -4.67. The standard InChI is InChI=1S/C15H16F3NO5/c1-23-9-3-2-4-10(5-9)24-8-13(20)19-6-11(14(21)22)12(7-19)15(16,17)18/h2-5,11-12H,6-8H2,1H3,(H,21,22)/t11-,12-/m1/s1. The van der Waals surface area contributed by atoms with Gasteiger partial charge in [-0.3, -0.25) is 9.59 Å².